The Morgan fingerprint density at radius 3 is 2.68 bits per heavy atom. The van der Waals surface area contributed by atoms with Crippen LogP contribution in [0, 0.1) is 0 Å². The zero-order chi connectivity index (χ0) is 18.7. The van der Waals surface area contributed by atoms with Gasteiger partial charge in [0.05, 0.1) is 11.1 Å². The molecule has 0 spiro atoms. The predicted octanol–water partition coefficient (Wildman–Crippen LogP) is 2.09. The van der Waals surface area contributed by atoms with Crippen molar-refractivity contribution < 1.29 is 31.1 Å². The Morgan fingerprint density at radius 2 is 2.08 bits per heavy atom. The lowest BCUT2D eigenvalue weighted by Gasteiger charge is -2.13. The first-order valence-corrected chi connectivity index (χ1v) is 9.20. The summed E-state index contributed by atoms with van der Waals surface area (Å²) < 4.78 is 68.8. The first kappa shape index (κ1) is 20.0. The summed E-state index contributed by atoms with van der Waals surface area (Å²) in [6, 6.07) is 3.23. The van der Waals surface area contributed by atoms with E-state index in [0.717, 1.165) is 31.0 Å². The van der Waals surface area contributed by atoms with Crippen LogP contribution in [0.25, 0.3) is 0 Å². The van der Waals surface area contributed by atoms with Crippen molar-refractivity contribution in [2.24, 2.45) is 0 Å². The SMILES string of the molecule is O=C(NCC(F)(F)F)c1ccc(Cl)c(S(=O)(=O)NCC2CCCO2)c1. The highest BCUT2D eigenvalue weighted by atomic mass is 35.5. The smallest absolute Gasteiger partial charge is 0.377 e. The van der Waals surface area contributed by atoms with Gasteiger partial charge in [-0.3, -0.25) is 4.79 Å². The van der Waals surface area contributed by atoms with E-state index in [1.807, 2.05) is 0 Å². The van der Waals surface area contributed by atoms with Crippen LogP contribution in [0.15, 0.2) is 23.1 Å². The Morgan fingerprint density at radius 1 is 1.36 bits per heavy atom. The number of hydrogen-bond acceptors (Lipinski definition) is 4. The first-order valence-electron chi connectivity index (χ1n) is 7.34. The molecule has 0 aromatic heterocycles. The molecule has 1 saturated heterocycles. The monoisotopic (exact) mass is 400 g/mol. The number of rotatable bonds is 6. The summed E-state index contributed by atoms with van der Waals surface area (Å²) in [7, 11) is -4.04. The first-order chi connectivity index (χ1) is 11.6. The highest BCUT2D eigenvalue weighted by Crippen LogP contribution is 2.23. The van der Waals surface area contributed by atoms with E-state index in [0.29, 0.717) is 6.61 Å². The van der Waals surface area contributed by atoms with Gasteiger partial charge in [0.15, 0.2) is 0 Å². The molecule has 2 rings (SSSR count). The third-order valence-electron chi connectivity index (χ3n) is 3.46. The van der Waals surface area contributed by atoms with Crippen molar-refractivity contribution in [1.29, 1.82) is 0 Å². The second-order valence-electron chi connectivity index (χ2n) is 5.43. The number of nitrogens with one attached hydrogen (secondary N) is 2. The fourth-order valence-electron chi connectivity index (χ4n) is 2.22. The van der Waals surface area contributed by atoms with E-state index in [-0.39, 0.29) is 28.1 Å². The standard InChI is InChI=1S/C14H16ClF3N2O4S/c15-11-4-3-9(13(21)19-8-14(16,17)18)6-12(11)25(22,23)20-7-10-2-1-5-24-10/h3-4,6,10,20H,1-2,5,7-8H2,(H,19,21). The summed E-state index contributed by atoms with van der Waals surface area (Å²) in [5, 5.41) is 1.53. The van der Waals surface area contributed by atoms with E-state index < -0.39 is 28.7 Å². The minimum absolute atomic E-state index is 0.0448. The van der Waals surface area contributed by atoms with Crippen molar-refractivity contribution in [3.8, 4) is 0 Å². The Hall–Kier alpha value is -1.36. The number of hydrogen-bond donors (Lipinski definition) is 2. The number of amides is 1. The number of benzene rings is 1. The van der Waals surface area contributed by atoms with Gasteiger partial charge in [-0.05, 0) is 31.0 Å². The van der Waals surface area contributed by atoms with Gasteiger partial charge in [-0.2, -0.15) is 13.2 Å². The molecule has 11 heteroatoms. The molecule has 1 aliphatic heterocycles. The van der Waals surface area contributed by atoms with Crippen LogP contribution in [0.2, 0.25) is 5.02 Å². The van der Waals surface area contributed by atoms with Gasteiger partial charge in [0.1, 0.15) is 11.4 Å². The Balaban J connectivity index is 2.12. The lowest BCUT2D eigenvalue weighted by molar-refractivity contribution is -0.123. The van der Waals surface area contributed by atoms with Crippen molar-refractivity contribution in [1.82, 2.24) is 10.0 Å². The molecular weight excluding hydrogens is 385 g/mol. The largest absolute Gasteiger partial charge is 0.405 e. The lowest BCUT2D eigenvalue weighted by Crippen LogP contribution is -2.34. The van der Waals surface area contributed by atoms with E-state index in [1.165, 1.54) is 0 Å². The molecule has 25 heavy (non-hydrogen) atoms. The summed E-state index contributed by atoms with van der Waals surface area (Å²) in [4.78, 5) is 11.4. The average molecular weight is 401 g/mol. The highest BCUT2D eigenvalue weighted by molar-refractivity contribution is 7.89. The van der Waals surface area contributed by atoms with Gasteiger partial charge in [-0.15, -0.1) is 0 Å². The third kappa shape index (κ3) is 5.84. The molecule has 1 unspecified atom stereocenters. The van der Waals surface area contributed by atoms with Crippen molar-refractivity contribution in [3.63, 3.8) is 0 Å². The van der Waals surface area contributed by atoms with Crippen LogP contribution in [0.4, 0.5) is 13.2 Å². The Kier molecular flexibility index (Phi) is 6.30. The molecule has 0 aliphatic carbocycles. The van der Waals surface area contributed by atoms with Crippen molar-refractivity contribution in [2.45, 2.75) is 30.0 Å². The third-order valence-corrected chi connectivity index (χ3v) is 5.36. The number of carbonyl (C=O) groups excluding carboxylic acids is 1. The van der Waals surface area contributed by atoms with Crippen LogP contribution in [0.1, 0.15) is 23.2 Å². The van der Waals surface area contributed by atoms with Crippen LogP contribution in [-0.4, -0.2) is 46.3 Å². The molecule has 6 nitrogen and oxygen atoms in total. The van der Waals surface area contributed by atoms with E-state index >= 15 is 0 Å². The zero-order valence-corrected chi connectivity index (χ0v) is 14.5. The average Bonchev–Trinajstić information content (AvgIpc) is 3.04. The predicted molar refractivity (Wildman–Crippen MR) is 84.0 cm³/mol. The van der Waals surface area contributed by atoms with Crippen molar-refractivity contribution in [2.75, 3.05) is 19.7 Å². The van der Waals surface area contributed by atoms with Crippen molar-refractivity contribution >= 4 is 27.5 Å². The fraction of sp³-hybridized carbons (Fsp3) is 0.500. The molecule has 1 aliphatic rings. The fourth-order valence-corrected chi connectivity index (χ4v) is 3.81. The van der Waals surface area contributed by atoms with Gasteiger partial charge < -0.3 is 10.1 Å². The van der Waals surface area contributed by atoms with Gasteiger partial charge >= 0.3 is 6.18 Å². The summed E-state index contributed by atoms with van der Waals surface area (Å²) in [5.74, 6) is -1.05. The maximum atomic E-state index is 12.3. The summed E-state index contributed by atoms with van der Waals surface area (Å²) in [5.41, 5.74) is -0.244. The van der Waals surface area contributed by atoms with E-state index in [4.69, 9.17) is 16.3 Å². The van der Waals surface area contributed by atoms with Crippen LogP contribution in [0.5, 0.6) is 0 Å². The van der Waals surface area contributed by atoms with Gasteiger partial charge in [0, 0.05) is 18.7 Å². The topological polar surface area (TPSA) is 84.5 Å². The number of carbonyl (C=O) groups is 1. The van der Waals surface area contributed by atoms with Crippen LogP contribution < -0.4 is 10.0 Å². The second-order valence-corrected chi connectivity index (χ2v) is 7.57. The number of sulfonamides is 1. The summed E-state index contributed by atoms with van der Waals surface area (Å²) in [6.45, 7) is -0.918. The molecule has 0 bridgehead atoms. The maximum Gasteiger partial charge on any atom is 0.405 e. The van der Waals surface area contributed by atoms with Gasteiger partial charge in [-0.25, -0.2) is 13.1 Å². The van der Waals surface area contributed by atoms with Crippen LogP contribution >= 0.6 is 11.6 Å². The molecule has 1 aromatic carbocycles. The molecule has 1 heterocycles. The molecule has 1 aromatic rings. The zero-order valence-electron chi connectivity index (χ0n) is 12.9. The summed E-state index contributed by atoms with van der Waals surface area (Å²) in [6.07, 6.45) is -3.26. The Labute approximate surface area is 147 Å². The second kappa shape index (κ2) is 7.90. The number of halogens is 4. The van der Waals surface area contributed by atoms with Gasteiger partial charge in [0.2, 0.25) is 10.0 Å². The van der Waals surface area contributed by atoms with Crippen LogP contribution in [-0.2, 0) is 14.8 Å². The van der Waals surface area contributed by atoms with E-state index in [1.54, 1.807) is 5.32 Å². The molecule has 1 fully saturated rings. The van der Waals surface area contributed by atoms with Gasteiger partial charge in [0.25, 0.3) is 5.91 Å². The molecule has 1 amide bonds. The molecule has 0 radical (unpaired) electrons. The van der Waals surface area contributed by atoms with Crippen LogP contribution in [0.3, 0.4) is 0 Å². The Bertz CT molecular complexity index is 734. The van der Waals surface area contributed by atoms with Gasteiger partial charge in [-0.1, -0.05) is 11.6 Å². The quantitative estimate of drug-likeness (QED) is 0.765. The minimum Gasteiger partial charge on any atom is -0.377 e. The van der Waals surface area contributed by atoms with E-state index in [9.17, 15) is 26.4 Å². The number of ether oxygens (including phenoxy) is 1. The maximum absolute atomic E-state index is 12.3. The molecule has 0 saturated carbocycles. The molecule has 2 N–H and O–H groups in total. The normalized spacial score (nSPS) is 18.3. The number of alkyl halides is 3. The molecular formula is C14H16ClF3N2O4S. The van der Waals surface area contributed by atoms with E-state index in [2.05, 4.69) is 4.72 Å². The molecule has 140 valence electrons. The summed E-state index contributed by atoms with van der Waals surface area (Å²) >= 11 is 5.87. The minimum atomic E-state index is -4.57. The lowest BCUT2D eigenvalue weighted by atomic mass is 10.2. The molecule has 1 atom stereocenters. The van der Waals surface area contributed by atoms with Crippen molar-refractivity contribution in [3.05, 3.63) is 28.8 Å². The highest BCUT2D eigenvalue weighted by Gasteiger charge is 2.28.